The van der Waals surface area contributed by atoms with Crippen LogP contribution in [0.4, 0.5) is 11.4 Å². The van der Waals surface area contributed by atoms with E-state index in [2.05, 4.69) is 9.71 Å². The lowest BCUT2D eigenvalue weighted by Crippen LogP contribution is -2.35. The molecule has 1 amide bonds. The minimum absolute atomic E-state index is 0.0444. The number of amidine groups is 1. The number of fused-ring (bicyclic) bond motifs is 3. The third-order valence-electron chi connectivity index (χ3n) is 4.81. The van der Waals surface area contributed by atoms with Crippen molar-refractivity contribution in [2.75, 3.05) is 16.8 Å². The zero-order valence-electron chi connectivity index (χ0n) is 14.8. The van der Waals surface area contributed by atoms with Crippen LogP contribution in [0.3, 0.4) is 0 Å². The van der Waals surface area contributed by atoms with Crippen molar-refractivity contribution in [3.8, 4) is 0 Å². The Balaban J connectivity index is 1.70. The van der Waals surface area contributed by atoms with Gasteiger partial charge in [0.1, 0.15) is 10.7 Å². The topological polar surface area (TPSA) is 78.8 Å². The number of hydrogen-bond acceptors (Lipinski definition) is 4. The van der Waals surface area contributed by atoms with E-state index in [1.165, 1.54) is 6.07 Å². The molecule has 1 saturated heterocycles. The van der Waals surface area contributed by atoms with E-state index in [1.54, 1.807) is 30.3 Å². The Morgan fingerprint density at radius 1 is 1.11 bits per heavy atom. The SMILES string of the molecule is O=C(Nc1cccc(Cl)c1Cl)c1ccc2c(c1)S(=O)(=O)N=C1CCCCCN12. The first kappa shape index (κ1) is 19.2. The molecule has 2 aromatic rings. The summed E-state index contributed by atoms with van der Waals surface area (Å²) < 4.78 is 29.4. The summed E-state index contributed by atoms with van der Waals surface area (Å²) in [5.74, 6) is 0.0979. The maximum atomic E-state index is 12.7. The van der Waals surface area contributed by atoms with E-state index in [4.69, 9.17) is 23.2 Å². The molecule has 0 atom stereocenters. The van der Waals surface area contributed by atoms with E-state index in [1.807, 2.05) is 4.90 Å². The first-order chi connectivity index (χ1) is 13.4. The highest BCUT2D eigenvalue weighted by molar-refractivity contribution is 7.90. The maximum Gasteiger partial charge on any atom is 0.286 e. The second kappa shape index (κ2) is 7.39. The molecule has 0 spiro atoms. The summed E-state index contributed by atoms with van der Waals surface area (Å²) in [4.78, 5) is 14.6. The Morgan fingerprint density at radius 2 is 1.93 bits per heavy atom. The highest BCUT2D eigenvalue weighted by Gasteiger charge is 2.32. The van der Waals surface area contributed by atoms with Gasteiger partial charge in [-0.05, 0) is 43.2 Å². The largest absolute Gasteiger partial charge is 0.328 e. The number of benzene rings is 2. The van der Waals surface area contributed by atoms with E-state index in [0.717, 1.165) is 19.3 Å². The monoisotopic (exact) mass is 437 g/mol. The number of amides is 1. The first-order valence-corrected chi connectivity index (χ1v) is 11.1. The Bertz CT molecular complexity index is 1100. The van der Waals surface area contributed by atoms with Gasteiger partial charge in [-0.2, -0.15) is 8.42 Å². The summed E-state index contributed by atoms with van der Waals surface area (Å²) in [6, 6.07) is 9.54. The summed E-state index contributed by atoms with van der Waals surface area (Å²) in [5, 5.41) is 3.21. The van der Waals surface area contributed by atoms with Crippen molar-refractivity contribution in [1.82, 2.24) is 0 Å². The molecule has 0 unspecified atom stereocenters. The van der Waals surface area contributed by atoms with E-state index >= 15 is 0 Å². The summed E-state index contributed by atoms with van der Waals surface area (Å²) >= 11 is 12.1. The van der Waals surface area contributed by atoms with Crippen LogP contribution in [0.2, 0.25) is 10.0 Å². The highest BCUT2D eigenvalue weighted by atomic mass is 35.5. The molecule has 2 aliphatic rings. The molecule has 0 saturated carbocycles. The summed E-state index contributed by atoms with van der Waals surface area (Å²) in [7, 11) is -3.85. The normalized spacial score (nSPS) is 17.8. The lowest BCUT2D eigenvalue weighted by Gasteiger charge is -2.29. The van der Waals surface area contributed by atoms with Crippen LogP contribution in [-0.4, -0.2) is 26.7 Å². The molecule has 146 valence electrons. The number of rotatable bonds is 2. The Morgan fingerprint density at radius 3 is 2.75 bits per heavy atom. The van der Waals surface area contributed by atoms with E-state index in [9.17, 15) is 13.2 Å². The predicted octanol–water partition coefficient (Wildman–Crippen LogP) is 4.73. The lowest BCUT2D eigenvalue weighted by molar-refractivity contribution is 0.102. The lowest BCUT2D eigenvalue weighted by atomic mass is 10.1. The van der Waals surface area contributed by atoms with Crippen molar-refractivity contribution in [1.29, 1.82) is 0 Å². The highest BCUT2D eigenvalue weighted by Crippen LogP contribution is 2.35. The number of carbonyl (C=O) groups is 1. The molecule has 9 heteroatoms. The van der Waals surface area contributed by atoms with Crippen molar-refractivity contribution in [2.45, 2.75) is 30.6 Å². The Labute approximate surface area is 173 Å². The fourth-order valence-electron chi connectivity index (χ4n) is 3.42. The molecule has 2 aliphatic heterocycles. The van der Waals surface area contributed by atoms with Gasteiger partial charge in [0, 0.05) is 18.5 Å². The molecule has 0 aliphatic carbocycles. The smallest absolute Gasteiger partial charge is 0.286 e. The van der Waals surface area contributed by atoms with Gasteiger partial charge < -0.3 is 10.2 Å². The van der Waals surface area contributed by atoms with Crippen LogP contribution >= 0.6 is 23.2 Å². The van der Waals surface area contributed by atoms with Gasteiger partial charge in [-0.15, -0.1) is 4.40 Å². The van der Waals surface area contributed by atoms with Gasteiger partial charge >= 0.3 is 0 Å². The molecule has 0 radical (unpaired) electrons. The van der Waals surface area contributed by atoms with Gasteiger partial charge in [0.2, 0.25) is 0 Å². The number of anilines is 2. The summed E-state index contributed by atoms with van der Waals surface area (Å²) in [6.07, 6.45) is 3.55. The predicted molar refractivity (Wildman–Crippen MR) is 111 cm³/mol. The van der Waals surface area contributed by atoms with Gasteiger partial charge in [-0.25, -0.2) is 0 Å². The minimum Gasteiger partial charge on any atom is -0.328 e. The van der Waals surface area contributed by atoms with E-state index in [0.29, 0.717) is 35.2 Å². The Hall–Kier alpha value is -2.09. The third-order valence-corrected chi connectivity index (χ3v) is 6.96. The molecule has 2 aromatic carbocycles. The average Bonchev–Trinajstić information content (AvgIpc) is 2.90. The molecule has 6 nitrogen and oxygen atoms in total. The number of halogens is 2. The molecule has 1 N–H and O–H groups in total. The van der Waals surface area contributed by atoms with Crippen molar-refractivity contribution < 1.29 is 13.2 Å². The van der Waals surface area contributed by atoms with Crippen LogP contribution in [0.15, 0.2) is 45.7 Å². The second-order valence-electron chi connectivity index (χ2n) is 6.68. The van der Waals surface area contributed by atoms with Crippen LogP contribution in [0.25, 0.3) is 0 Å². The number of carbonyl (C=O) groups excluding carboxylic acids is 1. The van der Waals surface area contributed by atoms with Gasteiger partial charge in [0.25, 0.3) is 15.9 Å². The van der Waals surface area contributed by atoms with Gasteiger partial charge in [-0.1, -0.05) is 35.7 Å². The zero-order chi connectivity index (χ0) is 19.9. The number of sulfonamides is 1. The number of nitrogens with one attached hydrogen (secondary N) is 1. The molecule has 1 fully saturated rings. The summed E-state index contributed by atoms with van der Waals surface area (Å²) in [5.41, 5.74) is 1.13. The standard InChI is InChI=1S/C19H17Cl2N3O3S/c20-13-5-4-6-14(18(13)21)22-19(25)12-8-9-15-16(11-12)28(26,27)23-17-7-2-1-3-10-24(15)17/h4-6,8-9,11H,1-3,7,10H2,(H,22,25). The molecule has 2 heterocycles. The van der Waals surface area contributed by atoms with Crippen LogP contribution in [-0.2, 0) is 10.0 Å². The van der Waals surface area contributed by atoms with Crippen molar-refractivity contribution in [3.05, 3.63) is 52.0 Å². The van der Waals surface area contributed by atoms with Crippen LogP contribution in [0, 0.1) is 0 Å². The van der Waals surface area contributed by atoms with Crippen molar-refractivity contribution in [2.24, 2.45) is 4.40 Å². The second-order valence-corrected chi connectivity index (χ2v) is 9.04. The van der Waals surface area contributed by atoms with E-state index in [-0.39, 0.29) is 15.5 Å². The first-order valence-electron chi connectivity index (χ1n) is 8.87. The van der Waals surface area contributed by atoms with Gasteiger partial charge in [-0.3, -0.25) is 4.79 Å². The van der Waals surface area contributed by atoms with Crippen LogP contribution in [0.1, 0.15) is 36.0 Å². The number of hydrogen-bond donors (Lipinski definition) is 1. The molecule has 28 heavy (non-hydrogen) atoms. The fourth-order valence-corrected chi connectivity index (χ4v) is 5.05. The zero-order valence-corrected chi connectivity index (χ0v) is 17.1. The fraction of sp³-hybridized carbons (Fsp3) is 0.263. The van der Waals surface area contributed by atoms with Gasteiger partial charge in [0.15, 0.2) is 0 Å². The maximum absolute atomic E-state index is 12.7. The van der Waals surface area contributed by atoms with Gasteiger partial charge in [0.05, 0.1) is 21.4 Å². The van der Waals surface area contributed by atoms with Crippen molar-refractivity contribution in [3.63, 3.8) is 0 Å². The molecule has 0 bridgehead atoms. The quantitative estimate of drug-likeness (QED) is 0.736. The number of nitrogens with zero attached hydrogens (tertiary/aromatic N) is 2. The van der Waals surface area contributed by atoms with Crippen LogP contribution in [0.5, 0.6) is 0 Å². The Kier molecular flexibility index (Phi) is 5.07. The molecule has 4 rings (SSSR count). The molecular weight excluding hydrogens is 421 g/mol. The molecular formula is C19H17Cl2N3O3S. The third kappa shape index (κ3) is 3.50. The van der Waals surface area contributed by atoms with Crippen molar-refractivity contribution >= 4 is 56.3 Å². The van der Waals surface area contributed by atoms with Crippen LogP contribution < -0.4 is 10.2 Å². The van der Waals surface area contributed by atoms with E-state index < -0.39 is 15.9 Å². The molecule has 0 aromatic heterocycles. The average molecular weight is 438 g/mol. The minimum atomic E-state index is -3.85. The summed E-state index contributed by atoms with van der Waals surface area (Å²) in [6.45, 7) is 0.713.